The van der Waals surface area contributed by atoms with Crippen molar-refractivity contribution in [3.63, 3.8) is 0 Å². The second-order valence-corrected chi connectivity index (χ2v) is 6.25. The first-order chi connectivity index (χ1) is 6.50. The summed E-state index contributed by atoms with van der Waals surface area (Å²) in [4.78, 5) is 2.40. The van der Waals surface area contributed by atoms with E-state index in [1.165, 1.54) is 0 Å². The predicted octanol–water partition coefficient (Wildman–Crippen LogP) is 0.424. The molecule has 1 saturated heterocycles. The third-order valence-electron chi connectivity index (χ3n) is 3.56. The Labute approximate surface area is 89.5 Å². The zero-order valence-electron chi connectivity index (χ0n) is 9.45. The predicted molar refractivity (Wildman–Crippen MR) is 61.7 cm³/mol. The lowest BCUT2D eigenvalue weighted by atomic mass is 9.86. The van der Waals surface area contributed by atoms with E-state index in [1.54, 1.807) is 0 Å². The quantitative estimate of drug-likeness (QED) is 0.747. The average Bonchev–Trinajstić information content (AvgIpc) is 2.17. The van der Waals surface area contributed by atoms with Crippen molar-refractivity contribution in [2.24, 2.45) is 11.7 Å². The van der Waals surface area contributed by atoms with E-state index in [2.05, 4.69) is 25.7 Å². The summed E-state index contributed by atoms with van der Waals surface area (Å²) in [6.45, 7) is 9.16. The van der Waals surface area contributed by atoms with Gasteiger partial charge in [-0.1, -0.05) is 13.8 Å². The van der Waals surface area contributed by atoms with Crippen LogP contribution in [-0.4, -0.2) is 45.8 Å². The van der Waals surface area contributed by atoms with Crippen LogP contribution in [0.15, 0.2) is 0 Å². The van der Waals surface area contributed by atoms with E-state index in [-0.39, 0.29) is 5.54 Å². The molecule has 3 nitrogen and oxygen atoms in total. The highest BCUT2D eigenvalue weighted by Crippen LogP contribution is 2.24. The van der Waals surface area contributed by atoms with Gasteiger partial charge in [0.15, 0.2) is 0 Å². The van der Waals surface area contributed by atoms with Crippen LogP contribution in [0.1, 0.15) is 20.8 Å². The summed E-state index contributed by atoms with van der Waals surface area (Å²) in [5, 5.41) is 0. The zero-order valence-corrected chi connectivity index (χ0v) is 10.3. The molecule has 1 fully saturated rings. The molecule has 0 radical (unpaired) electrons. The molecule has 1 rings (SSSR count). The Kier molecular flexibility index (Phi) is 4.10. The van der Waals surface area contributed by atoms with Gasteiger partial charge in [-0.15, -0.1) is 0 Å². The molecule has 0 amide bonds. The van der Waals surface area contributed by atoms with Crippen LogP contribution >= 0.6 is 0 Å². The molecule has 1 atom stereocenters. The number of rotatable bonds is 3. The van der Waals surface area contributed by atoms with Crippen LogP contribution in [0.2, 0.25) is 0 Å². The summed E-state index contributed by atoms with van der Waals surface area (Å²) >= 11 is 0. The number of nitrogens with zero attached hydrogens (tertiary/aromatic N) is 1. The van der Waals surface area contributed by atoms with E-state index in [0.717, 1.165) is 24.6 Å². The molecule has 1 aliphatic heterocycles. The van der Waals surface area contributed by atoms with Crippen molar-refractivity contribution in [2.45, 2.75) is 26.3 Å². The molecule has 0 aromatic rings. The van der Waals surface area contributed by atoms with Gasteiger partial charge < -0.3 is 5.73 Å². The third kappa shape index (κ3) is 2.35. The maximum Gasteiger partial charge on any atom is 0.0363 e. The lowest BCUT2D eigenvalue weighted by molar-refractivity contribution is 0.0771. The first kappa shape index (κ1) is 12.1. The van der Waals surface area contributed by atoms with Crippen LogP contribution in [0.5, 0.6) is 0 Å². The van der Waals surface area contributed by atoms with Gasteiger partial charge in [-0.3, -0.25) is 9.11 Å². The minimum atomic E-state index is -0.593. The highest BCUT2D eigenvalue weighted by molar-refractivity contribution is 7.85. The molecule has 14 heavy (non-hydrogen) atoms. The zero-order chi connectivity index (χ0) is 10.8. The van der Waals surface area contributed by atoms with Crippen LogP contribution in [-0.2, 0) is 10.8 Å². The van der Waals surface area contributed by atoms with Crippen molar-refractivity contribution in [1.29, 1.82) is 0 Å². The summed E-state index contributed by atoms with van der Waals surface area (Å²) in [5.41, 5.74) is 5.93. The third-order valence-corrected chi connectivity index (χ3v) is 4.83. The fraction of sp³-hybridized carbons (Fsp3) is 1.00. The molecule has 0 saturated carbocycles. The monoisotopic (exact) mass is 218 g/mol. The summed E-state index contributed by atoms with van der Waals surface area (Å²) in [6.07, 6.45) is 0. The minimum absolute atomic E-state index is 0.0740. The fourth-order valence-corrected chi connectivity index (χ4v) is 2.93. The van der Waals surface area contributed by atoms with Gasteiger partial charge in [0, 0.05) is 47.5 Å². The van der Waals surface area contributed by atoms with Crippen molar-refractivity contribution in [3.05, 3.63) is 0 Å². The van der Waals surface area contributed by atoms with E-state index in [1.807, 2.05) is 0 Å². The van der Waals surface area contributed by atoms with Crippen molar-refractivity contribution in [3.8, 4) is 0 Å². The van der Waals surface area contributed by atoms with Crippen LogP contribution in [0.4, 0.5) is 0 Å². The highest BCUT2D eigenvalue weighted by atomic mass is 32.2. The summed E-state index contributed by atoms with van der Waals surface area (Å²) in [6, 6.07) is 0. The van der Waals surface area contributed by atoms with Crippen LogP contribution in [0.25, 0.3) is 0 Å². The maximum absolute atomic E-state index is 11.2. The minimum Gasteiger partial charge on any atom is -0.329 e. The van der Waals surface area contributed by atoms with Crippen molar-refractivity contribution < 1.29 is 4.21 Å². The number of hydrogen-bond acceptors (Lipinski definition) is 3. The standard InChI is InChI=1S/C10H22N2OS/c1-9(2)10(3,8-11)12-4-6-14(13)7-5-12/h9H,4-8,11H2,1-3H3. The Morgan fingerprint density at radius 1 is 1.43 bits per heavy atom. The molecule has 84 valence electrons. The van der Waals surface area contributed by atoms with Gasteiger partial charge in [0.05, 0.1) is 0 Å². The first-order valence-corrected chi connectivity index (χ1v) is 6.79. The topological polar surface area (TPSA) is 46.3 Å². The van der Waals surface area contributed by atoms with E-state index >= 15 is 0 Å². The van der Waals surface area contributed by atoms with Gasteiger partial charge in [-0.2, -0.15) is 0 Å². The molecule has 0 spiro atoms. The molecule has 1 aliphatic rings. The van der Waals surface area contributed by atoms with Gasteiger partial charge in [0.1, 0.15) is 0 Å². The van der Waals surface area contributed by atoms with E-state index in [0.29, 0.717) is 12.5 Å². The number of hydrogen-bond donors (Lipinski definition) is 1. The smallest absolute Gasteiger partial charge is 0.0363 e. The molecule has 2 N–H and O–H groups in total. The summed E-state index contributed by atoms with van der Waals surface area (Å²) < 4.78 is 11.2. The Morgan fingerprint density at radius 3 is 2.29 bits per heavy atom. The SMILES string of the molecule is CC(C)C(C)(CN)N1CCS(=O)CC1. The molecule has 0 bridgehead atoms. The Bertz CT molecular complexity index is 210. The van der Waals surface area contributed by atoms with E-state index in [9.17, 15) is 4.21 Å². The molecular formula is C10H22N2OS. The van der Waals surface area contributed by atoms with Crippen LogP contribution in [0, 0.1) is 5.92 Å². The Balaban J connectivity index is 2.66. The van der Waals surface area contributed by atoms with Crippen LogP contribution < -0.4 is 5.73 Å². The summed E-state index contributed by atoms with van der Waals surface area (Å²) in [7, 11) is -0.593. The van der Waals surface area contributed by atoms with Gasteiger partial charge in [-0.25, -0.2) is 0 Å². The van der Waals surface area contributed by atoms with Gasteiger partial charge in [-0.05, 0) is 12.8 Å². The molecule has 0 aromatic heterocycles. The summed E-state index contributed by atoms with van der Waals surface area (Å²) in [5.74, 6) is 2.16. The van der Waals surface area contributed by atoms with Gasteiger partial charge >= 0.3 is 0 Å². The lowest BCUT2D eigenvalue weighted by Crippen LogP contribution is -2.58. The second-order valence-electron chi connectivity index (χ2n) is 4.55. The fourth-order valence-electron chi connectivity index (χ4n) is 1.88. The van der Waals surface area contributed by atoms with Crippen molar-refractivity contribution >= 4 is 10.8 Å². The van der Waals surface area contributed by atoms with Gasteiger partial charge in [0.2, 0.25) is 0 Å². The van der Waals surface area contributed by atoms with E-state index < -0.39 is 10.8 Å². The normalized spacial score (nSPS) is 25.2. The molecule has 1 heterocycles. The molecular weight excluding hydrogens is 196 g/mol. The highest BCUT2D eigenvalue weighted by Gasteiger charge is 2.35. The van der Waals surface area contributed by atoms with Crippen molar-refractivity contribution in [2.75, 3.05) is 31.1 Å². The Morgan fingerprint density at radius 2 is 1.93 bits per heavy atom. The second kappa shape index (κ2) is 4.73. The molecule has 1 unspecified atom stereocenters. The van der Waals surface area contributed by atoms with Crippen molar-refractivity contribution in [1.82, 2.24) is 4.90 Å². The largest absolute Gasteiger partial charge is 0.329 e. The maximum atomic E-state index is 11.2. The molecule has 0 aliphatic carbocycles. The van der Waals surface area contributed by atoms with Gasteiger partial charge in [0.25, 0.3) is 0 Å². The lowest BCUT2D eigenvalue weighted by Gasteiger charge is -2.45. The number of nitrogens with two attached hydrogens (primary N) is 1. The van der Waals surface area contributed by atoms with E-state index in [4.69, 9.17) is 5.73 Å². The molecule has 0 aromatic carbocycles. The Hall–Kier alpha value is 0.0700. The average molecular weight is 218 g/mol. The molecule has 4 heteroatoms. The first-order valence-electron chi connectivity index (χ1n) is 5.31. The van der Waals surface area contributed by atoms with Crippen LogP contribution in [0.3, 0.4) is 0 Å².